The van der Waals surface area contributed by atoms with E-state index in [0.29, 0.717) is 10.8 Å². The molecule has 0 N–H and O–H groups in total. The zero-order valence-electron chi connectivity index (χ0n) is 15.9. The molecule has 2 unspecified atom stereocenters. The largest absolute Gasteiger partial charge is 0.0625 e. The van der Waals surface area contributed by atoms with Crippen LogP contribution in [0.2, 0.25) is 0 Å². The van der Waals surface area contributed by atoms with Gasteiger partial charge in [-0.25, -0.2) is 0 Å². The first-order valence-electron chi connectivity index (χ1n) is 9.75. The third kappa shape index (κ3) is 7.20. The minimum Gasteiger partial charge on any atom is -0.0625 e. The summed E-state index contributed by atoms with van der Waals surface area (Å²) in [4.78, 5) is 0. The fraction of sp³-hybridized carbons (Fsp3) is 1.00. The van der Waals surface area contributed by atoms with Gasteiger partial charge in [-0.2, -0.15) is 0 Å². The number of hydrogen-bond acceptors (Lipinski definition) is 0. The van der Waals surface area contributed by atoms with E-state index in [4.69, 9.17) is 0 Å². The molecule has 1 aliphatic rings. The van der Waals surface area contributed by atoms with Gasteiger partial charge in [0.15, 0.2) is 0 Å². The summed E-state index contributed by atoms with van der Waals surface area (Å²) in [6, 6.07) is 0. The molecule has 21 heavy (non-hydrogen) atoms. The lowest BCUT2D eigenvalue weighted by Crippen LogP contribution is -2.30. The molecule has 0 saturated heterocycles. The highest BCUT2D eigenvalue weighted by molar-refractivity contribution is 4.85. The number of rotatable bonds is 1. The zero-order chi connectivity index (χ0) is 15.9. The van der Waals surface area contributed by atoms with Gasteiger partial charge < -0.3 is 0 Å². The molecule has 0 aliphatic heterocycles. The van der Waals surface area contributed by atoms with Gasteiger partial charge in [0.25, 0.3) is 0 Å². The molecule has 0 aromatic rings. The van der Waals surface area contributed by atoms with Crippen molar-refractivity contribution in [2.45, 2.75) is 112 Å². The molecule has 0 heterocycles. The van der Waals surface area contributed by atoms with Crippen LogP contribution in [0.25, 0.3) is 0 Å². The van der Waals surface area contributed by atoms with Crippen LogP contribution in [-0.4, -0.2) is 0 Å². The van der Waals surface area contributed by atoms with Gasteiger partial charge in [-0.1, -0.05) is 92.9 Å². The van der Waals surface area contributed by atoms with Gasteiger partial charge >= 0.3 is 0 Å². The maximum absolute atomic E-state index is 2.56. The van der Waals surface area contributed by atoms with E-state index < -0.39 is 0 Å². The summed E-state index contributed by atoms with van der Waals surface area (Å²) in [6.07, 6.45) is 15.9. The average Bonchev–Trinajstić information content (AvgIpc) is 2.37. The molecule has 126 valence electrons. The molecule has 0 amide bonds. The standard InChI is InChI=1S/C21H42/c1-18(2)21(6)16-12-10-14-19(3)13-9-7-8-11-15-20(4,5)17-21/h18-19H,7-17H2,1-6H3. The molecule has 1 rings (SSSR count). The molecule has 0 nitrogen and oxygen atoms in total. The molecule has 1 aliphatic carbocycles. The van der Waals surface area contributed by atoms with Gasteiger partial charge in [0.05, 0.1) is 0 Å². The van der Waals surface area contributed by atoms with E-state index in [-0.39, 0.29) is 0 Å². The molecular formula is C21H42. The van der Waals surface area contributed by atoms with Gasteiger partial charge in [-0.15, -0.1) is 0 Å². The van der Waals surface area contributed by atoms with E-state index in [2.05, 4.69) is 41.5 Å². The van der Waals surface area contributed by atoms with E-state index in [9.17, 15) is 0 Å². The van der Waals surface area contributed by atoms with Crippen molar-refractivity contribution in [2.24, 2.45) is 22.7 Å². The van der Waals surface area contributed by atoms with Crippen molar-refractivity contribution in [1.82, 2.24) is 0 Å². The van der Waals surface area contributed by atoms with Crippen LogP contribution in [0.5, 0.6) is 0 Å². The monoisotopic (exact) mass is 294 g/mol. The molecule has 0 spiro atoms. The Balaban J connectivity index is 2.68. The fourth-order valence-corrected chi connectivity index (χ4v) is 4.38. The molecule has 1 saturated carbocycles. The normalized spacial score (nSPS) is 33.6. The first-order chi connectivity index (χ1) is 9.75. The Kier molecular flexibility index (Phi) is 7.79. The van der Waals surface area contributed by atoms with Crippen molar-refractivity contribution >= 4 is 0 Å². The molecule has 0 aromatic heterocycles. The fourth-order valence-electron chi connectivity index (χ4n) is 4.38. The zero-order valence-corrected chi connectivity index (χ0v) is 15.9. The van der Waals surface area contributed by atoms with E-state index in [1.807, 2.05) is 0 Å². The van der Waals surface area contributed by atoms with Crippen molar-refractivity contribution in [2.75, 3.05) is 0 Å². The minimum atomic E-state index is 0.524. The summed E-state index contributed by atoms with van der Waals surface area (Å²) >= 11 is 0. The molecular weight excluding hydrogens is 252 g/mol. The second kappa shape index (κ2) is 8.59. The van der Waals surface area contributed by atoms with Crippen LogP contribution in [0, 0.1) is 22.7 Å². The maximum Gasteiger partial charge on any atom is -0.0298 e. The van der Waals surface area contributed by atoms with Crippen molar-refractivity contribution in [1.29, 1.82) is 0 Å². The summed E-state index contributed by atoms with van der Waals surface area (Å²) in [5.74, 6) is 1.76. The van der Waals surface area contributed by atoms with Crippen molar-refractivity contribution in [3.63, 3.8) is 0 Å². The first-order valence-corrected chi connectivity index (χ1v) is 9.75. The Bertz CT molecular complexity index is 276. The Morgan fingerprint density at radius 2 is 1.29 bits per heavy atom. The van der Waals surface area contributed by atoms with Gasteiger partial charge in [0.2, 0.25) is 0 Å². The third-order valence-corrected chi connectivity index (χ3v) is 6.27. The van der Waals surface area contributed by atoms with E-state index in [1.54, 1.807) is 0 Å². The van der Waals surface area contributed by atoms with Crippen molar-refractivity contribution in [3.05, 3.63) is 0 Å². The van der Waals surface area contributed by atoms with Gasteiger partial charge in [0.1, 0.15) is 0 Å². The smallest absolute Gasteiger partial charge is 0.0298 e. The van der Waals surface area contributed by atoms with E-state index in [0.717, 1.165) is 11.8 Å². The highest BCUT2D eigenvalue weighted by atomic mass is 14.4. The Morgan fingerprint density at radius 3 is 1.90 bits per heavy atom. The lowest BCUT2D eigenvalue weighted by molar-refractivity contribution is 0.0962. The molecule has 2 atom stereocenters. The highest BCUT2D eigenvalue weighted by Gasteiger charge is 2.34. The lowest BCUT2D eigenvalue weighted by atomic mass is 9.64. The molecule has 0 heteroatoms. The molecule has 0 bridgehead atoms. The maximum atomic E-state index is 2.56. The Morgan fingerprint density at radius 1 is 0.762 bits per heavy atom. The van der Waals surface area contributed by atoms with Gasteiger partial charge in [0, 0.05) is 0 Å². The van der Waals surface area contributed by atoms with Gasteiger partial charge in [-0.3, -0.25) is 0 Å². The predicted molar refractivity (Wildman–Crippen MR) is 96.7 cm³/mol. The quantitative estimate of drug-likeness (QED) is 0.466. The van der Waals surface area contributed by atoms with Crippen LogP contribution >= 0.6 is 0 Å². The molecule has 1 fully saturated rings. The Labute approximate surface area is 135 Å². The predicted octanol–water partition coefficient (Wildman–Crippen LogP) is 7.62. The van der Waals surface area contributed by atoms with Crippen LogP contribution in [0.1, 0.15) is 112 Å². The number of hydrogen-bond donors (Lipinski definition) is 0. The van der Waals surface area contributed by atoms with Crippen molar-refractivity contribution in [3.8, 4) is 0 Å². The summed E-state index contributed by atoms with van der Waals surface area (Å²) in [5, 5.41) is 0. The van der Waals surface area contributed by atoms with Crippen LogP contribution < -0.4 is 0 Å². The molecule has 0 aromatic carbocycles. The minimum absolute atomic E-state index is 0.524. The van der Waals surface area contributed by atoms with Crippen LogP contribution in [0.15, 0.2) is 0 Å². The van der Waals surface area contributed by atoms with Crippen LogP contribution in [-0.2, 0) is 0 Å². The summed E-state index contributed by atoms with van der Waals surface area (Å²) < 4.78 is 0. The Hall–Kier alpha value is 0. The second-order valence-corrected chi connectivity index (χ2v) is 9.45. The second-order valence-electron chi connectivity index (χ2n) is 9.45. The van der Waals surface area contributed by atoms with Gasteiger partial charge in [-0.05, 0) is 41.9 Å². The van der Waals surface area contributed by atoms with Crippen LogP contribution in [0.3, 0.4) is 0 Å². The third-order valence-electron chi connectivity index (χ3n) is 6.27. The molecule has 0 radical (unpaired) electrons. The van der Waals surface area contributed by atoms with Crippen molar-refractivity contribution < 1.29 is 0 Å². The lowest BCUT2D eigenvalue weighted by Gasteiger charge is -2.41. The van der Waals surface area contributed by atoms with E-state index in [1.165, 1.54) is 70.6 Å². The SMILES string of the molecule is CC1CCCCCCC(C)(C)CC(C)(C(C)C)CCCC1. The first kappa shape index (κ1) is 19.0. The summed E-state index contributed by atoms with van der Waals surface area (Å²) in [5.41, 5.74) is 1.06. The summed E-state index contributed by atoms with van der Waals surface area (Å²) in [6.45, 7) is 15.0. The highest BCUT2D eigenvalue weighted by Crippen LogP contribution is 2.45. The van der Waals surface area contributed by atoms with Crippen LogP contribution in [0.4, 0.5) is 0 Å². The topological polar surface area (TPSA) is 0 Å². The average molecular weight is 295 g/mol. The van der Waals surface area contributed by atoms with E-state index >= 15 is 0 Å². The summed E-state index contributed by atoms with van der Waals surface area (Å²) in [7, 11) is 0.